The minimum Gasteiger partial charge on any atom is -0.449 e. The summed E-state index contributed by atoms with van der Waals surface area (Å²) in [5.41, 5.74) is 0.120. The van der Waals surface area contributed by atoms with E-state index in [9.17, 15) is 13.2 Å². The summed E-state index contributed by atoms with van der Waals surface area (Å²) < 4.78 is 32.9. The number of aromatic nitrogens is 2. The second-order valence-corrected chi connectivity index (χ2v) is 6.24. The van der Waals surface area contributed by atoms with E-state index in [1.165, 1.54) is 17.9 Å². The van der Waals surface area contributed by atoms with Crippen LogP contribution < -0.4 is 9.62 Å². The molecule has 1 N–H and O–H groups in total. The van der Waals surface area contributed by atoms with Gasteiger partial charge in [-0.25, -0.2) is 19.4 Å². The molecular weight excluding hydrogens is 298 g/mol. The summed E-state index contributed by atoms with van der Waals surface area (Å²) in [7, 11) is -2.36. The summed E-state index contributed by atoms with van der Waals surface area (Å²) >= 11 is 0. The molecule has 1 amide bonds. The number of amides is 1. The summed E-state index contributed by atoms with van der Waals surface area (Å²) in [6.45, 7) is 5.36. The van der Waals surface area contributed by atoms with Gasteiger partial charge in [-0.05, 0) is 20.8 Å². The Labute approximate surface area is 122 Å². The number of carbonyl (C=O) groups is 1. The molecule has 0 saturated carbocycles. The fourth-order valence-electron chi connectivity index (χ4n) is 1.91. The van der Waals surface area contributed by atoms with Crippen LogP contribution in [0.5, 0.6) is 0 Å². The molecule has 0 bridgehead atoms. The van der Waals surface area contributed by atoms with Crippen molar-refractivity contribution in [3.05, 3.63) is 6.20 Å². The number of hydrogen-bond donors (Lipinski definition) is 1. The minimum atomic E-state index is -3.84. The SMILES string of the molecule is CCOC(=O)N1C(=NC(C)C)NS(=O)(=O)c2c1cnn2C. The highest BCUT2D eigenvalue weighted by Gasteiger charge is 2.40. The zero-order valence-electron chi connectivity index (χ0n) is 12.2. The van der Waals surface area contributed by atoms with Gasteiger partial charge in [0.05, 0.1) is 12.8 Å². The van der Waals surface area contributed by atoms with Crippen molar-refractivity contribution in [2.24, 2.45) is 12.0 Å². The van der Waals surface area contributed by atoms with Gasteiger partial charge in [0.15, 0.2) is 5.03 Å². The van der Waals surface area contributed by atoms with E-state index in [2.05, 4.69) is 14.8 Å². The van der Waals surface area contributed by atoms with Crippen LogP contribution in [-0.4, -0.2) is 42.9 Å². The third-order valence-corrected chi connectivity index (χ3v) is 4.06. The minimum absolute atomic E-state index is 0.0936. The highest BCUT2D eigenvalue weighted by atomic mass is 32.2. The molecule has 0 atom stereocenters. The van der Waals surface area contributed by atoms with E-state index < -0.39 is 16.1 Å². The van der Waals surface area contributed by atoms with Crippen LogP contribution in [0.15, 0.2) is 16.2 Å². The van der Waals surface area contributed by atoms with Crippen LogP contribution >= 0.6 is 0 Å². The van der Waals surface area contributed by atoms with Crippen LogP contribution in [0.3, 0.4) is 0 Å². The van der Waals surface area contributed by atoms with Crippen molar-refractivity contribution in [1.29, 1.82) is 0 Å². The fourth-order valence-corrected chi connectivity index (χ4v) is 3.20. The Kier molecular flexibility index (Phi) is 3.90. The van der Waals surface area contributed by atoms with Gasteiger partial charge >= 0.3 is 6.09 Å². The van der Waals surface area contributed by atoms with E-state index in [1.54, 1.807) is 20.8 Å². The van der Waals surface area contributed by atoms with Crippen molar-refractivity contribution >= 4 is 27.8 Å². The lowest BCUT2D eigenvalue weighted by Crippen LogP contribution is -2.52. The van der Waals surface area contributed by atoms with Crippen molar-refractivity contribution in [3.8, 4) is 0 Å². The molecule has 1 aliphatic heterocycles. The first-order chi connectivity index (χ1) is 9.77. The molecule has 116 valence electrons. The summed E-state index contributed by atoms with van der Waals surface area (Å²) in [6, 6.07) is -0.210. The highest BCUT2D eigenvalue weighted by Crippen LogP contribution is 2.29. The predicted molar refractivity (Wildman–Crippen MR) is 75.6 cm³/mol. The molecule has 0 unspecified atom stereocenters. The van der Waals surface area contributed by atoms with Gasteiger partial charge in [0.1, 0.15) is 5.69 Å². The molecule has 0 spiro atoms. The van der Waals surface area contributed by atoms with Crippen molar-refractivity contribution in [3.63, 3.8) is 0 Å². The monoisotopic (exact) mass is 315 g/mol. The maximum Gasteiger partial charge on any atom is 0.421 e. The maximum atomic E-state index is 12.2. The molecule has 21 heavy (non-hydrogen) atoms. The van der Waals surface area contributed by atoms with Crippen LogP contribution in [0.25, 0.3) is 0 Å². The molecule has 2 heterocycles. The Bertz CT molecular complexity index is 691. The molecule has 0 radical (unpaired) electrons. The van der Waals surface area contributed by atoms with Crippen molar-refractivity contribution in [2.45, 2.75) is 31.8 Å². The van der Waals surface area contributed by atoms with Gasteiger partial charge in [-0.15, -0.1) is 0 Å². The van der Waals surface area contributed by atoms with Crippen molar-refractivity contribution in [1.82, 2.24) is 14.5 Å². The number of aryl methyl sites for hydroxylation is 1. The van der Waals surface area contributed by atoms with E-state index >= 15 is 0 Å². The smallest absolute Gasteiger partial charge is 0.421 e. The number of nitrogens with zero attached hydrogens (tertiary/aromatic N) is 4. The van der Waals surface area contributed by atoms with Crippen LogP contribution in [0.1, 0.15) is 20.8 Å². The Morgan fingerprint density at radius 1 is 1.52 bits per heavy atom. The van der Waals surface area contributed by atoms with Gasteiger partial charge in [-0.2, -0.15) is 13.5 Å². The molecule has 0 aromatic carbocycles. The molecule has 9 nitrogen and oxygen atoms in total. The number of rotatable bonds is 2. The number of sulfonamides is 1. The zero-order valence-corrected chi connectivity index (χ0v) is 13.0. The first-order valence-electron chi connectivity index (χ1n) is 6.37. The van der Waals surface area contributed by atoms with Gasteiger partial charge < -0.3 is 4.74 Å². The van der Waals surface area contributed by atoms with Gasteiger partial charge in [0.2, 0.25) is 5.96 Å². The van der Waals surface area contributed by atoms with Gasteiger partial charge in [-0.3, -0.25) is 4.68 Å². The van der Waals surface area contributed by atoms with Gasteiger partial charge in [-0.1, -0.05) is 0 Å². The van der Waals surface area contributed by atoms with Crippen molar-refractivity contribution in [2.75, 3.05) is 11.5 Å². The summed E-state index contributed by atoms with van der Waals surface area (Å²) in [4.78, 5) is 17.3. The Hall–Kier alpha value is -2.10. The van der Waals surface area contributed by atoms with E-state index in [1.807, 2.05) is 0 Å². The number of nitrogens with one attached hydrogen (secondary N) is 1. The second-order valence-electron chi connectivity index (χ2n) is 4.64. The van der Waals surface area contributed by atoms with Gasteiger partial charge in [0.25, 0.3) is 10.0 Å². The first kappa shape index (κ1) is 15.3. The number of ether oxygens (including phenoxy) is 1. The third-order valence-electron chi connectivity index (χ3n) is 2.63. The zero-order chi connectivity index (χ0) is 15.8. The number of fused-ring (bicyclic) bond motifs is 1. The quantitative estimate of drug-likeness (QED) is 0.852. The molecular formula is C11H17N5O4S. The molecule has 1 aromatic heterocycles. The van der Waals surface area contributed by atoms with Crippen LogP contribution in [-0.2, 0) is 21.8 Å². The molecule has 1 aliphatic rings. The first-order valence-corrected chi connectivity index (χ1v) is 7.85. The lowest BCUT2D eigenvalue weighted by molar-refractivity contribution is 0.163. The Morgan fingerprint density at radius 2 is 2.19 bits per heavy atom. The third kappa shape index (κ3) is 2.71. The van der Waals surface area contributed by atoms with E-state index in [0.29, 0.717) is 0 Å². The molecule has 0 fully saturated rings. The lowest BCUT2D eigenvalue weighted by Gasteiger charge is -2.28. The highest BCUT2D eigenvalue weighted by molar-refractivity contribution is 7.90. The molecule has 0 aliphatic carbocycles. The van der Waals surface area contributed by atoms with E-state index in [0.717, 1.165) is 4.90 Å². The maximum absolute atomic E-state index is 12.2. The standard InChI is InChI=1S/C11H17N5O4S/c1-5-20-11(17)16-8-6-12-15(4)9(8)21(18,19)14-10(16)13-7(2)3/h6-7H,5H2,1-4H3,(H,13,14). The lowest BCUT2D eigenvalue weighted by atomic mass is 10.4. The summed E-state index contributed by atoms with van der Waals surface area (Å²) in [5.74, 6) is -0.0936. The average molecular weight is 315 g/mol. The second kappa shape index (κ2) is 5.35. The normalized spacial score (nSPS) is 18.5. The molecule has 0 saturated heterocycles. The number of hydrogen-bond acceptors (Lipinski definition) is 6. The largest absolute Gasteiger partial charge is 0.449 e. The predicted octanol–water partition coefficient (Wildman–Crippen LogP) is 0.439. The summed E-state index contributed by atoms with van der Waals surface area (Å²) in [6.07, 6.45) is 0.578. The van der Waals surface area contributed by atoms with E-state index in [4.69, 9.17) is 4.74 Å². The fraction of sp³-hybridized carbons (Fsp3) is 0.545. The number of carbonyl (C=O) groups excluding carboxylic acids is 1. The Morgan fingerprint density at radius 3 is 2.76 bits per heavy atom. The van der Waals surface area contributed by atoms with E-state index in [-0.39, 0.29) is 29.3 Å². The number of anilines is 1. The molecule has 10 heteroatoms. The average Bonchev–Trinajstić information content (AvgIpc) is 2.71. The topological polar surface area (TPSA) is 106 Å². The van der Waals surface area contributed by atoms with Gasteiger partial charge in [0, 0.05) is 13.1 Å². The van der Waals surface area contributed by atoms with Crippen LogP contribution in [0.4, 0.5) is 10.5 Å². The molecule has 2 rings (SSSR count). The van der Waals surface area contributed by atoms with Crippen molar-refractivity contribution < 1.29 is 17.9 Å². The summed E-state index contributed by atoms with van der Waals surface area (Å²) in [5, 5.41) is 3.78. The van der Waals surface area contributed by atoms with Crippen LogP contribution in [0, 0.1) is 0 Å². The molecule has 1 aromatic rings. The van der Waals surface area contributed by atoms with Crippen LogP contribution in [0.2, 0.25) is 0 Å². The Balaban J connectivity index is 2.63. The number of aliphatic imine (C=N–C) groups is 1. The number of guanidine groups is 1.